The first-order valence-corrected chi connectivity index (χ1v) is 8.57. The maximum atomic E-state index is 12.4. The predicted molar refractivity (Wildman–Crippen MR) is 104 cm³/mol. The first kappa shape index (κ1) is 18.4. The van der Waals surface area contributed by atoms with Crippen molar-refractivity contribution in [3.05, 3.63) is 59.5 Å². The fraction of sp³-hybridized carbons (Fsp3) is 0.250. The van der Waals surface area contributed by atoms with E-state index in [1.807, 2.05) is 20.8 Å². The monoisotopic (exact) mass is 366 g/mol. The van der Waals surface area contributed by atoms with E-state index in [0.29, 0.717) is 34.8 Å². The van der Waals surface area contributed by atoms with Gasteiger partial charge in [-0.1, -0.05) is 32.9 Å². The van der Waals surface area contributed by atoms with Gasteiger partial charge in [-0.3, -0.25) is 4.79 Å². The summed E-state index contributed by atoms with van der Waals surface area (Å²) in [4.78, 5) is 27.7. The summed E-state index contributed by atoms with van der Waals surface area (Å²) in [5.41, 5.74) is 8.24. The first-order chi connectivity index (χ1) is 12.7. The molecule has 3 aromatic rings. The Hall–Kier alpha value is -3.35. The zero-order chi connectivity index (χ0) is 19.6. The van der Waals surface area contributed by atoms with Gasteiger partial charge >= 0.3 is 6.03 Å². The Morgan fingerprint density at radius 2 is 1.81 bits per heavy atom. The molecule has 1 aromatic heterocycles. The van der Waals surface area contributed by atoms with E-state index in [9.17, 15) is 9.59 Å². The van der Waals surface area contributed by atoms with Crippen molar-refractivity contribution >= 4 is 28.7 Å². The number of carbonyl (C=O) groups is 2. The number of hydrogen-bond acceptors (Lipinski definition) is 4. The van der Waals surface area contributed by atoms with Crippen molar-refractivity contribution in [3.8, 4) is 0 Å². The highest BCUT2D eigenvalue weighted by Crippen LogP contribution is 2.27. The lowest BCUT2D eigenvalue weighted by atomic mass is 9.97. The maximum Gasteiger partial charge on any atom is 0.312 e. The fourth-order valence-corrected chi connectivity index (χ4v) is 2.49. The van der Waals surface area contributed by atoms with Gasteiger partial charge in [0.05, 0.1) is 0 Å². The quantitative estimate of drug-likeness (QED) is 0.656. The molecule has 0 saturated heterocycles. The number of rotatable bonds is 4. The summed E-state index contributed by atoms with van der Waals surface area (Å²) >= 11 is 0. The number of urea groups is 1. The average molecular weight is 366 g/mol. The molecule has 2 aromatic carbocycles. The summed E-state index contributed by atoms with van der Waals surface area (Å²) in [6, 6.07) is 11.7. The number of aromatic nitrogens is 1. The van der Waals surface area contributed by atoms with Gasteiger partial charge in [0.15, 0.2) is 5.58 Å². The molecule has 7 nitrogen and oxygen atoms in total. The molecule has 7 heteroatoms. The first-order valence-electron chi connectivity index (χ1n) is 8.57. The van der Waals surface area contributed by atoms with Crippen LogP contribution in [0.15, 0.2) is 46.9 Å². The molecule has 3 rings (SSSR count). The highest BCUT2D eigenvalue weighted by atomic mass is 16.3. The fourth-order valence-electron chi connectivity index (χ4n) is 2.49. The Bertz CT molecular complexity index is 985. The molecule has 0 spiro atoms. The van der Waals surface area contributed by atoms with Gasteiger partial charge in [0.2, 0.25) is 5.89 Å². The molecule has 140 valence electrons. The Kier molecular flexibility index (Phi) is 4.85. The molecular formula is C20H22N4O3. The molecule has 0 atom stereocenters. The number of amides is 3. The van der Waals surface area contributed by atoms with E-state index < -0.39 is 6.03 Å². The molecular weight excluding hydrogens is 344 g/mol. The third-order valence-electron chi connectivity index (χ3n) is 3.97. The SMILES string of the molecule is CC(C)(C)c1nc2cc(NC(=O)c3ccc(CNC(N)=O)cc3)ccc2o1. The van der Waals surface area contributed by atoms with E-state index in [0.717, 1.165) is 5.56 Å². The average Bonchev–Trinajstić information content (AvgIpc) is 3.04. The van der Waals surface area contributed by atoms with Crippen LogP contribution in [0.1, 0.15) is 42.6 Å². The van der Waals surface area contributed by atoms with Crippen molar-refractivity contribution in [3.63, 3.8) is 0 Å². The molecule has 0 radical (unpaired) electrons. The Morgan fingerprint density at radius 3 is 2.44 bits per heavy atom. The molecule has 27 heavy (non-hydrogen) atoms. The van der Waals surface area contributed by atoms with E-state index >= 15 is 0 Å². The van der Waals surface area contributed by atoms with E-state index in [1.165, 1.54) is 0 Å². The second-order valence-corrected chi connectivity index (χ2v) is 7.32. The van der Waals surface area contributed by atoms with E-state index in [1.54, 1.807) is 42.5 Å². The largest absolute Gasteiger partial charge is 0.440 e. The summed E-state index contributed by atoms with van der Waals surface area (Å²) in [7, 11) is 0. The van der Waals surface area contributed by atoms with Crippen LogP contribution in [0.5, 0.6) is 0 Å². The van der Waals surface area contributed by atoms with Crippen molar-refractivity contribution in [2.45, 2.75) is 32.7 Å². The number of primary amides is 1. The maximum absolute atomic E-state index is 12.4. The van der Waals surface area contributed by atoms with E-state index in [2.05, 4.69) is 15.6 Å². The van der Waals surface area contributed by atoms with Gasteiger partial charge in [0, 0.05) is 23.2 Å². The van der Waals surface area contributed by atoms with Crippen LogP contribution in [0.3, 0.4) is 0 Å². The molecule has 0 unspecified atom stereocenters. The van der Waals surface area contributed by atoms with Crippen molar-refractivity contribution in [2.24, 2.45) is 5.73 Å². The van der Waals surface area contributed by atoms with Gasteiger partial charge in [-0.25, -0.2) is 9.78 Å². The second kappa shape index (κ2) is 7.11. The highest BCUT2D eigenvalue weighted by molar-refractivity contribution is 6.04. The van der Waals surface area contributed by atoms with Crippen LogP contribution in [-0.2, 0) is 12.0 Å². The Balaban J connectivity index is 1.72. The number of fused-ring (bicyclic) bond motifs is 1. The predicted octanol–water partition coefficient (Wildman–Crippen LogP) is 3.55. The van der Waals surface area contributed by atoms with Gasteiger partial charge in [0.1, 0.15) is 5.52 Å². The van der Waals surface area contributed by atoms with Crippen molar-refractivity contribution in [2.75, 3.05) is 5.32 Å². The molecule has 0 aliphatic rings. The van der Waals surface area contributed by atoms with Gasteiger partial charge in [-0.15, -0.1) is 0 Å². The summed E-state index contributed by atoms with van der Waals surface area (Å²) < 4.78 is 5.77. The number of oxazole rings is 1. The number of nitrogens with two attached hydrogens (primary N) is 1. The highest BCUT2D eigenvalue weighted by Gasteiger charge is 2.21. The van der Waals surface area contributed by atoms with Crippen molar-refractivity contribution in [1.29, 1.82) is 0 Å². The van der Waals surface area contributed by atoms with Gasteiger partial charge in [0.25, 0.3) is 5.91 Å². The molecule has 0 fully saturated rings. The topological polar surface area (TPSA) is 110 Å². The van der Waals surface area contributed by atoms with Gasteiger partial charge < -0.3 is 20.8 Å². The number of hydrogen-bond donors (Lipinski definition) is 3. The molecule has 0 aliphatic carbocycles. The minimum absolute atomic E-state index is 0.187. The van der Waals surface area contributed by atoms with Crippen LogP contribution in [0, 0.1) is 0 Å². The van der Waals surface area contributed by atoms with Gasteiger partial charge in [-0.05, 0) is 35.9 Å². The van der Waals surface area contributed by atoms with Crippen molar-refractivity contribution in [1.82, 2.24) is 10.3 Å². The smallest absolute Gasteiger partial charge is 0.312 e. The number of carbonyl (C=O) groups excluding carboxylic acids is 2. The minimum atomic E-state index is -0.588. The van der Waals surface area contributed by atoms with E-state index in [4.69, 9.17) is 10.2 Å². The number of benzene rings is 2. The Morgan fingerprint density at radius 1 is 1.11 bits per heavy atom. The molecule has 0 bridgehead atoms. The van der Waals surface area contributed by atoms with Crippen LogP contribution in [0.2, 0.25) is 0 Å². The summed E-state index contributed by atoms with van der Waals surface area (Å²) in [5, 5.41) is 5.36. The second-order valence-electron chi connectivity index (χ2n) is 7.32. The van der Waals surface area contributed by atoms with Crippen LogP contribution >= 0.6 is 0 Å². The number of anilines is 1. The van der Waals surface area contributed by atoms with Crippen LogP contribution in [-0.4, -0.2) is 16.9 Å². The Labute approximate surface area is 157 Å². The van der Waals surface area contributed by atoms with Crippen LogP contribution in [0.25, 0.3) is 11.1 Å². The van der Waals surface area contributed by atoms with E-state index in [-0.39, 0.29) is 11.3 Å². The minimum Gasteiger partial charge on any atom is -0.440 e. The lowest BCUT2D eigenvalue weighted by Gasteiger charge is -2.11. The normalized spacial score (nSPS) is 11.4. The zero-order valence-corrected chi connectivity index (χ0v) is 15.5. The molecule has 1 heterocycles. The summed E-state index contributed by atoms with van der Waals surface area (Å²) in [6.07, 6.45) is 0. The third kappa shape index (κ3) is 4.44. The third-order valence-corrected chi connectivity index (χ3v) is 3.97. The van der Waals surface area contributed by atoms with Gasteiger partial charge in [-0.2, -0.15) is 0 Å². The summed E-state index contributed by atoms with van der Waals surface area (Å²) in [5.74, 6) is 0.421. The lowest BCUT2D eigenvalue weighted by molar-refractivity contribution is 0.102. The molecule has 4 N–H and O–H groups in total. The zero-order valence-electron chi connectivity index (χ0n) is 15.5. The number of nitrogens with one attached hydrogen (secondary N) is 2. The molecule has 3 amide bonds. The lowest BCUT2D eigenvalue weighted by Crippen LogP contribution is -2.28. The molecule has 0 saturated carbocycles. The van der Waals surface area contributed by atoms with Crippen LogP contribution < -0.4 is 16.4 Å². The molecule has 0 aliphatic heterocycles. The number of nitrogens with zero attached hydrogens (tertiary/aromatic N) is 1. The van der Waals surface area contributed by atoms with Crippen LogP contribution in [0.4, 0.5) is 10.5 Å². The van der Waals surface area contributed by atoms with Crippen molar-refractivity contribution < 1.29 is 14.0 Å². The summed E-state index contributed by atoms with van der Waals surface area (Å²) in [6.45, 7) is 6.41. The standard InChI is InChI=1S/C20H22N4O3/c1-20(2,3)18-24-15-10-14(8-9-16(15)27-18)23-17(25)13-6-4-12(5-7-13)11-22-19(21)26/h4-10H,11H2,1-3H3,(H,23,25)(H3,21,22,26).